The Bertz CT molecular complexity index is 1400. The van der Waals surface area contributed by atoms with Crippen LogP contribution in [-0.2, 0) is 17.8 Å². The molecule has 2 fully saturated rings. The fraction of sp³-hybridized carbons (Fsp3) is 0.400. The molecule has 5 rings (SSSR count). The number of hydrogen-bond acceptors (Lipinski definition) is 5. The highest BCUT2D eigenvalue weighted by molar-refractivity contribution is 5.97. The molecule has 0 spiro atoms. The quantitative estimate of drug-likeness (QED) is 0.378. The number of carbonyl (C=O) groups excluding carboxylic acids is 2. The van der Waals surface area contributed by atoms with Gasteiger partial charge in [0.25, 0.3) is 5.91 Å². The van der Waals surface area contributed by atoms with Crippen LogP contribution in [0.3, 0.4) is 0 Å². The number of nitriles is 1. The van der Waals surface area contributed by atoms with E-state index in [-0.39, 0.29) is 29.9 Å². The number of nitrogens with two attached hydrogens (primary N) is 1. The topological polar surface area (TPSA) is 102 Å². The Morgan fingerprint density at radius 3 is 2.30 bits per heavy atom. The lowest BCUT2D eigenvalue weighted by molar-refractivity contribution is -0.128. The van der Waals surface area contributed by atoms with Crippen molar-refractivity contribution in [2.45, 2.75) is 75.7 Å². The Hall–Kier alpha value is -4.06. The van der Waals surface area contributed by atoms with Gasteiger partial charge in [0, 0.05) is 43.3 Å². The summed E-state index contributed by atoms with van der Waals surface area (Å²) in [7, 11) is 0. The highest BCUT2D eigenvalue weighted by Crippen LogP contribution is 2.27. The lowest BCUT2D eigenvalue weighted by Crippen LogP contribution is -2.58. The molecule has 3 aromatic carbocycles. The molecule has 3 N–H and O–H groups in total. The van der Waals surface area contributed by atoms with Crippen LogP contribution in [0.5, 0.6) is 0 Å². The van der Waals surface area contributed by atoms with Gasteiger partial charge in [0.05, 0.1) is 11.6 Å². The average molecular weight is 582 g/mol. The normalized spacial score (nSPS) is 22.1. The predicted octanol–water partition coefficient (Wildman–Crippen LogP) is 4.80. The average Bonchev–Trinajstić information content (AvgIpc) is 3.04. The zero-order valence-corrected chi connectivity index (χ0v) is 24.5. The fourth-order valence-electron chi connectivity index (χ4n) is 6.32. The van der Waals surface area contributed by atoms with E-state index in [2.05, 4.69) is 28.4 Å². The van der Waals surface area contributed by atoms with Crippen LogP contribution in [0.2, 0.25) is 0 Å². The van der Waals surface area contributed by atoms with E-state index >= 15 is 0 Å². The molecule has 1 aliphatic heterocycles. The summed E-state index contributed by atoms with van der Waals surface area (Å²) in [6.07, 6.45) is 5.46. The molecule has 1 saturated carbocycles. The van der Waals surface area contributed by atoms with E-state index in [1.165, 1.54) is 29.8 Å². The van der Waals surface area contributed by atoms with E-state index < -0.39 is 11.9 Å². The van der Waals surface area contributed by atoms with Crippen molar-refractivity contribution < 1.29 is 14.0 Å². The molecule has 7 nitrogen and oxygen atoms in total. The smallest absolute Gasteiger partial charge is 0.254 e. The van der Waals surface area contributed by atoms with E-state index in [0.717, 1.165) is 44.2 Å². The molecule has 224 valence electrons. The van der Waals surface area contributed by atoms with Gasteiger partial charge in [0.1, 0.15) is 11.9 Å². The zero-order valence-electron chi connectivity index (χ0n) is 24.5. The third-order valence-electron chi connectivity index (χ3n) is 8.86. The Labute approximate surface area is 253 Å². The minimum Gasteiger partial charge on any atom is -0.352 e. The third kappa shape index (κ3) is 8.07. The van der Waals surface area contributed by atoms with Gasteiger partial charge in [0.2, 0.25) is 5.91 Å². The van der Waals surface area contributed by atoms with Crippen molar-refractivity contribution in [2.24, 2.45) is 5.73 Å². The number of piperidine rings is 1. The number of halogens is 1. The van der Waals surface area contributed by atoms with Crippen molar-refractivity contribution in [1.82, 2.24) is 15.1 Å². The van der Waals surface area contributed by atoms with Gasteiger partial charge in [-0.3, -0.25) is 14.5 Å². The molecule has 2 atom stereocenters. The molecule has 43 heavy (non-hydrogen) atoms. The van der Waals surface area contributed by atoms with Crippen molar-refractivity contribution in [1.29, 1.82) is 5.26 Å². The van der Waals surface area contributed by atoms with Crippen LogP contribution in [0.4, 0.5) is 4.39 Å². The van der Waals surface area contributed by atoms with Crippen molar-refractivity contribution in [3.8, 4) is 6.07 Å². The molecule has 3 aromatic rings. The number of nitrogens with one attached hydrogen (secondary N) is 1. The lowest BCUT2D eigenvalue weighted by Gasteiger charge is -2.43. The molecule has 0 radical (unpaired) electrons. The monoisotopic (exact) mass is 581 g/mol. The maximum absolute atomic E-state index is 13.9. The molecule has 0 bridgehead atoms. The van der Waals surface area contributed by atoms with E-state index in [9.17, 15) is 19.2 Å². The summed E-state index contributed by atoms with van der Waals surface area (Å²) in [4.78, 5) is 31.6. The molecule has 2 aliphatic rings. The molecule has 1 unspecified atom stereocenters. The molecule has 1 aliphatic carbocycles. The first kappa shape index (κ1) is 30.4. The van der Waals surface area contributed by atoms with E-state index in [4.69, 9.17) is 5.73 Å². The van der Waals surface area contributed by atoms with Gasteiger partial charge in [-0.15, -0.1) is 0 Å². The fourth-order valence-corrected chi connectivity index (χ4v) is 6.32. The minimum absolute atomic E-state index is 0.0447. The number of benzene rings is 3. The second kappa shape index (κ2) is 14.4. The summed E-state index contributed by atoms with van der Waals surface area (Å²) in [6.45, 7) is 1.88. The van der Waals surface area contributed by atoms with E-state index in [1.54, 1.807) is 4.90 Å². The van der Waals surface area contributed by atoms with Gasteiger partial charge >= 0.3 is 0 Å². The number of carbonyl (C=O) groups is 2. The highest BCUT2D eigenvalue weighted by atomic mass is 19.1. The van der Waals surface area contributed by atoms with Gasteiger partial charge in [0.15, 0.2) is 0 Å². The first-order valence-electron chi connectivity index (χ1n) is 15.3. The number of hydrogen-bond donors (Lipinski definition) is 2. The van der Waals surface area contributed by atoms with Crippen LogP contribution in [0.25, 0.3) is 0 Å². The third-order valence-corrected chi connectivity index (χ3v) is 8.86. The highest BCUT2D eigenvalue weighted by Gasteiger charge is 2.39. The summed E-state index contributed by atoms with van der Waals surface area (Å²) < 4.78 is 13.6. The van der Waals surface area contributed by atoms with Crippen molar-refractivity contribution in [2.75, 3.05) is 13.1 Å². The van der Waals surface area contributed by atoms with Crippen molar-refractivity contribution in [3.05, 3.63) is 107 Å². The second-order valence-corrected chi connectivity index (χ2v) is 11.8. The maximum atomic E-state index is 13.9. The maximum Gasteiger partial charge on any atom is 0.254 e. The van der Waals surface area contributed by atoms with Gasteiger partial charge < -0.3 is 16.0 Å². The number of rotatable bonds is 9. The summed E-state index contributed by atoms with van der Waals surface area (Å²) in [5.41, 5.74) is 9.42. The number of nitrogens with zero attached hydrogens (tertiary/aromatic N) is 3. The van der Waals surface area contributed by atoms with Gasteiger partial charge in [-0.1, -0.05) is 42.5 Å². The SMILES string of the molecule is N#Cc1ccc(CN(CCc2ccccc2)C2CCN(C(=O)c3ccc(F)cc3)[C@@H](C(=O)NC3CCC(N)CC3)C2)cc1. The lowest BCUT2D eigenvalue weighted by atomic mass is 9.90. The standard InChI is InChI=1S/C35H40FN5O2/c36-29-12-10-28(11-13-29)35(43)41-21-19-32(22-33(41)34(42)39-31-16-14-30(38)15-17-31)40(20-18-25-4-2-1-3-5-25)24-27-8-6-26(23-37)7-9-27/h1-13,30-33H,14-22,24,38H2,(H,39,42)/t30?,31?,32?,33-/m1/s1. The van der Waals surface area contributed by atoms with Crippen LogP contribution < -0.4 is 11.1 Å². The first-order chi connectivity index (χ1) is 20.9. The Kier molecular flexibility index (Phi) is 10.2. The number of likely N-dealkylation sites (tertiary alicyclic amines) is 1. The van der Waals surface area contributed by atoms with Crippen LogP contribution in [0.1, 0.15) is 65.6 Å². The first-order valence-corrected chi connectivity index (χ1v) is 15.3. The van der Waals surface area contributed by atoms with Gasteiger partial charge in [-0.25, -0.2) is 4.39 Å². The Balaban J connectivity index is 1.38. The van der Waals surface area contributed by atoms with Crippen LogP contribution in [0.15, 0.2) is 78.9 Å². The summed E-state index contributed by atoms with van der Waals surface area (Å²) in [5.74, 6) is -0.800. The summed E-state index contributed by atoms with van der Waals surface area (Å²) in [5, 5.41) is 12.5. The zero-order chi connectivity index (χ0) is 30.2. The van der Waals surface area contributed by atoms with Gasteiger partial charge in [-0.2, -0.15) is 5.26 Å². The molecule has 1 heterocycles. The largest absolute Gasteiger partial charge is 0.352 e. The van der Waals surface area contributed by atoms with Crippen LogP contribution in [-0.4, -0.2) is 58.9 Å². The Morgan fingerprint density at radius 1 is 0.930 bits per heavy atom. The molecule has 8 heteroatoms. The second-order valence-electron chi connectivity index (χ2n) is 11.8. The molecule has 0 aromatic heterocycles. The van der Waals surface area contributed by atoms with E-state index in [1.807, 2.05) is 42.5 Å². The summed E-state index contributed by atoms with van der Waals surface area (Å²) >= 11 is 0. The van der Waals surface area contributed by atoms with E-state index in [0.29, 0.717) is 37.1 Å². The molecule has 1 saturated heterocycles. The number of amides is 2. The van der Waals surface area contributed by atoms with Crippen LogP contribution >= 0.6 is 0 Å². The molecular formula is C35H40FN5O2. The van der Waals surface area contributed by atoms with Crippen LogP contribution in [0, 0.1) is 17.1 Å². The minimum atomic E-state index is -0.646. The van der Waals surface area contributed by atoms with Gasteiger partial charge in [-0.05, 0) is 92.5 Å². The predicted molar refractivity (Wildman–Crippen MR) is 164 cm³/mol. The summed E-state index contributed by atoms with van der Waals surface area (Å²) in [6, 6.07) is 25.3. The molecular weight excluding hydrogens is 541 g/mol. The van der Waals surface area contributed by atoms with Crippen molar-refractivity contribution >= 4 is 11.8 Å². The Morgan fingerprint density at radius 2 is 1.63 bits per heavy atom. The molecule has 2 amide bonds. The van der Waals surface area contributed by atoms with Crippen molar-refractivity contribution in [3.63, 3.8) is 0 Å².